The molecule has 0 saturated heterocycles. The van der Waals surface area contributed by atoms with Crippen molar-refractivity contribution >= 4 is 15.9 Å². The number of ether oxygens (including phenoxy) is 2. The maximum absolute atomic E-state index is 6.26. The lowest BCUT2D eigenvalue weighted by atomic mass is 10.0. The Hall–Kier alpha value is -1.59. The van der Waals surface area contributed by atoms with Crippen molar-refractivity contribution in [3.05, 3.63) is 52.3 Å². The van der Waals surface area contributed by atoms with E-state index in [0.29, 0.717) is 11.5 Å². The van der Waals surface area contributed by atoms with Gasteiger partial charge in [0.15, 0.2) is 0 Å². The molecule has 0 aliphatic heterocycles. The lowest BCUT2D eigenvalue weighted by molar-refractivity contribution is 0.393. The Balaban J connectivity index is 2.43. The van der Waals surface area contributed by atoms with E-state index in [2.05, 4.69) is 20.9 Å². The average molecular weight is 323 g/mol. The summed E-state index contributed by atoms with van der Waals surface area (Å²) in [6, 6.07) is 9.00. The summed E-state index contributed by atoms with van der Waals surface area (Å²) in [5.74, 6) is 1.41. The average Bonchev–Trinajstić information content (AvgIpc) is 2.46. The minimum Gasteiger partial charge on any atom is -0.497 e. The third-order valence-electron chi connectivity index (χ3n) is 2.81. The molecule has 2 aromatic rings. The molecule has 0 amide bonds. The van der Waals surface area contributed by atoms with Crippen molar-refractivity contribution in [2.75, 3.05) is 14.2 Å². The fraction of sp³-hybridized carbons (Fsp3) is 0.214. The molecule has 5 heteroatoms. The lowest BCUT2D eigenvalue weighted by Crippen LogP contribution is -2.14. The van der Waals surface area contributed by atoms with Crippen molar-refractivity contribution in [3.8, 4) is 11.5 Å². The van der Waals surface area contributed by atoms with Gasteiger partial charge in [0.25, 0.3) is 0 Å². The molecular formula is C14H15BrN2O2. The molecule has 2 N–H and O–H groups in total. The summed E-state index contributed by atoms with van der Waals surface area (Å²) in [5, 5.41) is 0. The second-order valence-corrected chi connectivity index (χ2v) is 4.85. The van der Waals surface area contributed by atoms with Gasteiger partial charge in [0.1, 0.15) is 11.5 Å². The molecule has 1 unspecified atom stereocenters. The number of halogens is 1. The molecule has 100 valence electrons. The fourth-order valence-corrected chi connectivity index (χ4v) is 2.30. The van der Waals surface area contributed by atoms with E-state index in [-0.39, 0.29) is 6.04 Å². The standard InChI is InChI=1S/C14H15BrN2O2/c1-18-10-6-9(7-11(8-10)19-2)13(16)14-12(15)4-3-5-17-14/h3-8,13H,16H2,1-2H3. The molecule has 19 heavy (non-hydrogen) atoms. The van der Waals surface area contributed by atoms with Gasteiger partial charge < -0.3 is 15.2 Å². The smallest absolute Gasteiger partial charge is 0.122 e. The maximum Gasteiger partial charge on any atom is 0.122 e. The SMILES string of the molecule is COc1cc(OC)cc(C(N)c2ncccc2Br)c1. The van der Waals surface area contributed by atoms with E-state index in [1.165, 1.54) is 0 Å². The van der Waals surface area contributed by atoms with Crippen LogP contribution in [0.5, 0.6) is 11.5 Å². The minimum atomic E-state index is -0.348. The molecule has 0 aliphatic rings. The molecule has 1 aromatic carbocycles. The topological polar surface area (TPSA) is 57.4 Å². The van der Waals surface area contributed by atoms with Crippen molar-refractivity contribution < 1.29 is 9.47 Å². The lowest BCUT2D eigenvalue weighted by Gasteiger charge is -2.15. The summed E-state index contributed by atoms with van der Waals surface area (Å²) < 4.78 is 11.4. The summed E-state index contributed by atoms with van der Waals surface area (Å²) >= 11 is 3.46. The number of hydrogen-bond donors (Lipinski definition) is 1. The number of aromatic nitrogens is 1. The van der Waals surface area contributed by atoms with Crippen LogP contribution in [0.15, 0.2) is 41.0 Å². The van der Waals surface area contributed by atoms with Crippen LogP contribution in [0.25, 0.3) is 0 Å². The van der Waals surface area contributed by atoms with Gasteiger partial charge in [0.2, 0.25) is 0 Å². The monoisotopic (exact) mass is 322 g/mol. The number of nitrogens with zero attached hydrogens (tertiary/aromatic N) is 1. The van der Waals surface area contributed by atoms with Crippen LogP contribution in [0, 0.1) is 0 Å². The van der Waals surface area contributed by atoms with Crippen molar-refractivity contribution in [3.63, 3.8) is 0 Å². The van der Waals surface area contributed by atoms with Crippen LogP contribution in [0.4, 0.5) is 0 Å². The quantitative estimate of drug-likeness (QED) is 0.940. The van der Waals surface area contributed by atoms with Crippen molar-refractivity contribution in [1.82, 2.24) is 4.98 Å². The molecule has 1 aromatic heterocycles. The molecule has 0 saturated carbocycles. The Labute approximate surface area is 120 Å². The highest BCUT2D eigenvalue weighted by Gasteiger charge is 2.15. The summed E-state index contributed by atoms with van der Waals surface area (Å²) in [4.78, 5) is 4.31. The fourth-order valence-electron chi connectivity index (χ4n) is 1.79. The predicted molar refractivity (Wildman–Crippen MR) is 77.5 cm³/mol. The molecule has 1 atom stereocenters. The van der Waals surface area contributed by atoms with Gasteiger partial charge in [-0.3, -0.25) is 4.98 Å². The first kappa shape index (κ1) is 13.8. The van der Waals surface area contributed by atoms with Gasteiger partial charge in [0.05, 0.1) is 26.0 Å². The first-order valence-corrected chi connectivity index (χ1v) is 6.54. The van der Waals surface area contributed by atoms with Gasteiger partial charge in [-0.2, -0.15) is 0 Å². The van der Waals surface area contributed by atoms with Gasteiger partial charge in [0, 0.05) is 16.7 Å². The van der Waals surface area contributed by atoms with Gasteiger partial charge in [-0.05, 0) is 45.8 Å². The number of hydrogen-bond acceptors (Lipinski definition) is 4. The van der Waals surface area contributed by atoms with Crippen molar-refractivity contribution in [2.45, 2.75) is 6.04 Å². The van der Waals surface area contributed by atoms with E-state index < -0.39 is 0 Å². The predicted octanol–water partition coefficient (Wildman–Crippen LogP) is 2.91. The second kappa shape index (κ2) is 6.04. The highest BCUT2D eigenvalue weighted by molar-refractivity contribution is 9.10. The molecule has 0 bridgehead atoms. The van der Waals surface area contributed by atoms with Crippen LogP contribution in [0.2, 0.25) is 0 Å². The molecule has 0 radical (unpaired) electrons. The van der Waals surface area contributed by atoms with Gasteiger partial charge in [-0.25, -0.2) is 0 Å². The Kier molecular flexibility index (Phi) is 4.39. The number of rotatable bonds is 4. The summed E-state index contributed by atoms with van der Waals surface area (Å²) in [6.45, 7) is 0. The number of pyridine rings is 1. The van der Waals surface area contributed by atoms with Crippen LogP contribution in [-0.2, 0) is 0 Å². The van der Waals surface area contributed by atoms with E-state index in [1.54, 1.807) is 20.4 Å². The molecule has 1 heterocycles. The Morgan fingerprint density at radius 3 is 2.32 bits per heavy atom. The van der Waals surface area contributed by atoms with Crippen molar-refractivity contribution in [2.24, 2.45) is 5.73 Å². The molecular weight excluding hydrogens is 308 g/mol. The molecule has 0 fully saturated rings. The largest absolute Gasteiger partial charge is 0.497 e. The van der Waals surface area contributed by atoms with Crippen LogP contribution in [0.1, 0.15) is 17.3 Å². The Morgan fingerprint density at radius 1 is 1.16 bits per heavy atom. The van der Waals surface area contributed by atoms with Crippen LogP contribution >= 0.6 is 15.9 Å². The summed E-state index contributed by atoms with van der Waals surface area (Å²) in [5.41, 5.74) is 7.92. The van der Waals surface area contributed by atoms with Crippen LogP contribution in [-0.4, -0.2) is 19.2 Å². The molecule has 2 rings (SSSR count). The highest BCUT2D eigenvalue weighted by Crippen LogP contribution is 2.30. The second-order valence-electron chi connectivity index (χ2n) is 3.99. The summed E-state index contributed by atoms with van der Waals surface area (Å²) in [7, 11) is 3.22. The minimum absolute atomic E-state index is 0.348. The number of nitrogens with two attached hydrogens (primary N) is 1. The molecule has 0 spiro atoms. The van der Waals surface area contributed by atoms with E-state index >= 15 is 0 Å². The van der Waals surface area contributed by atoms with Crippen LogP contribution in [0.3, 0.4) is 0 Å². The van der Waals surface area contributed by atoms with E-state index in [1.807, 2.05) is 30.3 Å². The Bertz CT molecular complexity index is 553. The first-order chi connectivity index (χ1) is 9.15. The van der Waals surface area contributed by atoms with Gasteiger partial charge in [-0.1, -0.05) is 0 Å². The van der Waals surface area contributed by atoms with Gasteiger partial charge in [-0.15, -0.1) is 0 Å². The zero-order chi connectivity index (χ0) is 13.8. The van der Waals surface area contributed by atoms with Crippen molar-refractivity contribution in [1.29, 1.82) is 0 Å². The third kappa shape index (κ3) is 3.05. The normalized spacial score (nSPS) is 12.0. The van der Waals surface area contributed by atoms with Crippen LogP contribution < -0.4 is 15.2 Å². The third-order valence-corrected chi connectivity index (χ3v) is 3.48. The molecule has 4 nitrogen and oxygen atoms in total. The van der Waals surface area contributed by atoms with E-state index in [4.69, 9.17) is 15.2 Å². The maximum atomic E-state index is 6.26. The zero-order valence-electron chi connectivity index (χ0n) is 10.8. The van der Waals surface area contributed by atoms with Gasteiger partial charge >= 0.3 is 0 Å². The van der Waals surface area contributed by atoms with E-state index in [9.17, 15) is 0 Å². The molecule has 0 aliphatic carbocycles. The first-order valence-electron chi connectivity index (χ1n) is 5.74. The van der Waals surface area contributed by atoms with E-state index in [0.717, 1.165) is 15.7 Å². The zero-order valence-corrected chi connectivity index (χ0v) is 12.3. The summed E-state index contributed by atoms with van der Waals surface area (Å²) in [6.07, 6.45) is 1.72. The number of methoxy groups -OCH3 is 2. The number of benzene rings is 1. The Morgan fingerprint density at radius 2 is 1.79 bits per heavy atom. The highest BCUT2D eigenvalue weighted by atomic mass is 79.9.